The van der Waals surface area contributed by atoms with Crippen LogP contribution < -0.4 is 5.32 Å². The van der Waals surface area contributed by atoms with Gasteiger partial charge in [-0.2, -0.15) is 17.0 Å². The van der Waals surface area contributed by atoms with E-state index in [1.165, 1.54) is 22.7 Å². The summed E-state index contributed by atoms with van der Waals surface area (Å²) in [6.45, 7) is 1.25. The van der Waals surface area contributed by atoms with E-state index < -0.39 is 10.2 Å². The number of carbonyl (C=O) groups excluding carboxylic acids is 1. The van der Waals surface area contributed by atoms with Gasteiger partial charge >= 0.3 is 0 Å². The molecule has 1 amide bonds. The van der Waals surface area contributed by atoms with Gasteiger partial charge < -0.3 is 5.32 Å². The van der Waals surface area contributed by atoms with Gasteiger partial charge in [0.25, 0.3) is 16.1 Å². The van der Waals surface area contributed by atoms with Crippen molar-refractivity contribution >= 4 is 16.1 Å². The summed E-state index contributed by atoms with van der Waals surface area (Å²) < 4.78 is 27.7. The topological polar surface area (TPSA) is 82.6 Å². The van der Waals surface area contributed by atoms with Gasteiger partial charge in [-0.3, -0.25) is 9.78 Å². The van der Waals surface area contributed by atoms with Crippen molar-refractivity contribution in [1.82, 2.24) is 18.9 Å². The van der Waals surface area contributed by atoms with Gasteiger partial charge in [0.15, 0.2) is 0 Å². The molecule has 2 aromatic rings. The molecule has 0 bridgehead atoms. The minimum atomic E-state index is -3.48. The quantitative estimate of drug-likeness (QED) is 0.801. The van der Waals surface area contributed by atoms with Gasteiger partial charge in [0.1, 0.15) is 0 Å². The highest BCUT2D eigenvalue weighted by Gasteiger charge is 2.33. The normalized spacial score (nSPS) is 18.2. The van der Waals surface area contributed by atoms with Gasteiger partial charge in [0, 0.05) is 45.8 Å². The average molecular weight is 403 g/mol. The lowest BCUT2D eigenvalue weighted by atomic mass is 9.92. The van der Waals surface area contributed by atoms with Crippen LogP contribution in [0.2, 0.25) is 0 Å². The Morgan fingerprint density at radius 2 is 1.96 bits per heavy atom. The van der Waals surface area contributed by atoms with E-state index in [1.54, 1.807) is 18.3 Å². The van der Waals surface area contributed by atoms with E-state index in [1.807, 2.05) is 30.3 Å². The second-order valence-corrected chi connectivity index (χ2v) is 9.23. The fourth-order valence-corrected chi connectivity index (χ4v) is 4.60. The first-order valence-electron chi connectivity index (χ1n) is 9.34. The van der Waals surface area contributed by atoms with E-state index in [2.05, 4.69) is 10.3 Å². The van der Waals surface area contributed by atoms with Crippen molar-refractivity contribution in [2.45, 2.75) is 25.3 Å². The molecule has 0 saturated carbocycles. The summed E-state index contributed by atoms with van der Waals surface area (Å²) in [5.74, 6) is -0.304. The van der Waals surface area contributed by atoms with Gasteiger partial charge in [0.2, 0.25) is 0 Å². The summed E-state index contributed by atoms with van der Waals surface area (Å²) in [7, 11) is -0.422. The molecule has 7 nitrogen and oxygen atoms in total. The number of benzene rings is 1. The van der Waals surface area contributed by atoms with Gasteiger partial charge in [-0.15, -0.1) is 0 Å². The summed E-state index contributed by atoms with van der Waals surface area (Å²) in [5.41, 5.74) is 2.18. The number of nitrogens with zero attached hydrogens (tertiary/aromatic N) is 3. The average Bonchev–Trinajstić information content (AvgIpc) is 2.72. The standard InChI is InChI=1S/C20H26N4O3S/c1-23(2)28(26,27)24-13-7-10-17(15-24)19-18(11-6-12-21-19)20(25)22-14-16-8-4-3-5-9-16/h3-6,8-9,11-12,17H,7,10,13-15H2,1-2H3,(H,22,25)/t17-/m1/s1. The van der Waals surface area contributed by atoms with Crippen molar-refractivity contribution in [1.29, 1.82) is 0 Å². The maximum Gasteiger partial charge on any atom is 0.281 e. The number of nitrogens with one attached hydrogen (secondary N) is 1. The summed E-state index contributed by atoms with van der Waals surface area (Å²) in [4.78, 5) is 17.2. The number of pyridine rings is 1. The van der Waals surface area contributed by atoms with E-state index in [4.69, 9.17) is 0 Å². The zero-order valence-corrected chi connectivity index (χ0v) is 17.0. The Balaban J connectivity index is 1.77. The molecule has 0 unspecified atom stereocenters. The summed E-state index contributed by atoms with van der Waals surface area (Å²) in [6, 6.07) is 13.2. The van der Waals surface area contributed by atoms with Crippen LogP contribution in [0.5, 0.6) is 0 Å². The fourth-order valence-electron chi connectivity index (χ4n) is 3.41. The Morgan fingerprint density at radius 1 is 1.21 bits per heavy atom. The second kappa shape index (κ2) is 8.81. The minimum Gasteiger partial charge on any atom is -0.348 e. The lowest BCUT2D eigenvalue weighted by Gasteiger charge is -2.33. The third-order valence-corrected chi connectivity index (χ3v) is 6.84. The Labute approximate surface area is 166 Å². The lowest BCUT2D eigenvalue weighted by molar-refractivity contribution is 0.0948. The van der Waals surface area contributed by atoms with Crippen molar-refractivity contribution < 1.29 is 13.2 Å². The Bertz CT molecular complexity index is 916. The summed E-state index contributed by atoms with van der Waals surface area (Å²) in [5, 5.41) is 2.94. The van der Waals surface area contributed by atoms with Crippen LogP contribution in [0.4, 0.5) is 0 Å². The smallest absolute Gasteiger partial charge is 0.281 e. The molecule has 150 valence electrons. The van der Waals surface area contributed by atoms with Crippen molar-refractivity contribution in [3.63, 3.8) is 0 Å². The van der Waals surface area contributed by atoms with Crippen LogP contribution in [0.15, 0.2) is 48.7 Å². The maximum absolute atomic E-state index is 12.8. The lowest BCUT2D eigenvalue weighted by Crippen LogP contribution is -2.45. The number of piperidine rings is 1. The molecular weight excluding hydrogens is 376 g/mol. The largest absolute Gasteiger partial charge is 0.348 e. The highest BCUT2D eigenvalue weighted by molar-refractivity contribution is 7.86. The second-order valence-electron chi connectivity index (χ2n) is 7.09. The Hall–Kier alpha value is -2.29. The third kappa shape index (κ3) is 4.57. The molecule has 1 aromatic heterocycles. The van der Waals surface area contributed by atoms with Crippen molar-refractivity contribution in [2.75, 3.05) is 27.2 Å². The number of aromatic nitrogens is 1. The van der Waals surface area contributed by atoms with Crippen LogP contribution in [0, 0.1) is 0 Å². The molecule has 0 radical (unpaired) electrons. The molecule has 1 saturated heterocycles. The number of hydrogen-bond donors (Lipinski definition) is 1. The number of carbonyl (C=O) groups is 1. The Kier molecular flexibility index (Phi) is 6.43. The molecule has 3 rings (SSSR count). The van der Waals surface area contributed by atoms with Crippen LogP contribution in [0.25, 0.3) is 0 Å². The first-order valence-corrected chi connectivity index (χ1v) is 10.7. The van der Waals surface area contributed by atoms with E-state index in [-0.39, 0.29) is 11.8 Å². The molecule has 8 heteroatoms. The first-order chi connectivity index (χ1) is 13.4. The molecule has 2 heterocycles. The highest BCUT2D eigenvalue weighted by atomic mass is 32.2. The van der Waals surface area contributed by atoms with E-state index in [9.17, 15) is 13.2 Å². The highest BCUT2D eigenvalue weighted by Crippen LogP contribution is 2.29. The third-order valence-electron chi connectivity index (χ3n) is 4.94. The van der Waals surface area contributed by atoms with Crippen LogP contribution in [-0.2, 0) is 16.8 Å². The van der Waals surface area contributed by atoms with Gasteiger partial charge in [0.05, 0.1) is 11.3 Å². The van der Waals surface area contributed by atoms with Gasteiger partial charge in [-0.05, 0) is 30.5 Å². The Morgan fingerprint density at radius 3 is 2.68 bits per heavy atom. The van der Waals surface area contributed by atoms with E-state index >= 15 is 0 Å². The van der Waals surface area contributed by atoms with Crippen LogP contribution in [0.3, 0.4) is 0 Å². The van der Waals surface area contributed by atoms with Crippen LogP contribution in [0.1, 0.15) is 40.4 Å². The molecule has 28 heavy (non-hydrogen) atoms. The van der Waals surface area contributed by atoms with Crippen molar-refractivity contribution in [3.05, 3.63) is 65.5 Å². The number of hydrogen-bond acceptors (Lipinski definition) is 4. The molecule has 1 aliphatic heterocycles. The molecule has 1 aromatic carbocycles. The molecule has 1 N–H and O–H groups in total. The van der Waals surface area contributed by atoms with Gasteiger partial charge in [-0.1, -0.05) is 30.3 Å². The van der Waals surface area contributed by atoms with Crippen molar-refractivity contribution in [2.24, 2.45) is 0 Å². The minimum absolute atomic E-state index is 0.109. The monoisotopic (exact) mass is 402 g/mol. The zero-order chi connectivity index (χ0) is 20.1. The number of amides is 1. The molecule has 0 spiro atoms. The molecule has 1 atom stereocenters. The van der Waals surface area contributed by atoms with Crippen molar-refractivity contribution in [3.8, 4) is 0 Å². The van der Waals surface area contributed by atoms with Gasteiger partial charge in [-0.25, -0.2) is 0 Å². The molecule has 1 fully saturated rings. The predicted octanol–water partition coefficient (Wildman–Crippen LogP) is 2.00. The maximum atomic E-state index is 12.8. The summed E-state index contributed by atoms with van der Waals surface area (Å²) in [6.07, 6.45) is 3.19. The molecule has 0 aliphatic carbocycles. The zero-order valence-electron chi connectivity index (χ0n) is 16.2. The molecule has 1 aliphatic rings. The van der Waals surface area contributed by atoms with Crippen LogP contribution in [-0.4, -0.2) is 55.1 Å². The predicted molar refractivity (Wildman–Crippen MR) is 108 cm³/mol. The summed E-state index contributed by atoms with van der Waals surface area (Å²) >= 11 is 0. The van der Waals surface area contributed by atoms with E-state index in [0.29, 0.717) is 30.9 Å². The van der Waals surface area contributed by atoms with E-state index in [0.717, 1.165) is 18.4 Å². The SMILES string of the molecule is CN(C)S(=O)(=O)N1CCC[C@@H](c2ncccc2C(=O)NCc2ccccc2)C1. The molecular formula is C20H26N4O3S. The fraction of sp³-hybridized carbons (Fsp3) is 0.400. The number of rotatable bonds is 6. The first kappa shape index (κ1) is 20.4. The van der Waals surface area contributed by atoms with Crippen LogP contribution >= 0.6 is 0 Å².